The fraction of sp³-hybridized carbons (Fsp3) is 0.444. The van der Waals surface area contributed by atoms with Gasteiger partial charge in [0.2, 0.25) is 0 Å². The highest BCUT2D eigenvalue weighted by atomic mass is 16.5. The molecule has 0 radical (unpaired) electrons. The molecule has 0 aliphatic heterocycles. The van der Waals surface area contributed by atoms with Crippen molar-refractivity contribution in [3.63, 3.8) is 0 Å². The summed E-state index contributed by atoms with van der Waals surface area (Å²) in [6.07, 6.45) is 6.48. The first kappa shape index (κ1) is 16.3. The number of nitrogens with one attached hydrogen (secondary N) is 1. The smallest absolute Gasteiger partial charge is 0.306 e. The van der Waals surface area contributed by atoms with Crippen LogP contribution >= 0.6 is 0 Å². The number of carbonyl (C=O) groups excluding carboxylic acids is 2. The lowest BCUT2D eigenvalue weighted by Crippen LogP contribution is -2.22. The number of amides is 1. The Morgan fingerprint density at radius 3 is 2.77 bits per heavy atom. The van der Waals surface area contributed by atoms with Crippen molar-refractivity contribution in [2.75, 3.05) is 11.9 Å². The summed E-state index contributed by atoms with van der Waals surface area (Å²) >= 11 is 0. The van der Waals surface area contributed by atoms with Crippen LogP contribution in [0, 0.1) is 5.92 Å². The Bertz CT molecular complexity index is 563. The zero-order valence-corrected chi connectivity index (χ0v) is 13.2. The Hall–Kier alpha value is -2.10. The molecule has 1 aromatic carbocycles. The van der Waals surface area contributed by atoms with E-state index in [0.717, 1.165) is 24.1 Å². The average molecular weight is 301 g/mol. The lowest BCUT2D eigenvalue weighted by atomic mass is 10.0. The van der Waals surface area contributed by atoms with Gasteiger partial charge in [0.15, 0.2) is 6.61 Å². The van der Waals surface area contributed by atoms with Crippen molar-refractivity contribution >= 4 is 17.6 Å². The minimum atomic E-state index is -0.316. The molecule has 0 unspecified atom stereocenters. The zero-order chi connectivity index (χ0) is 15.9. The maximum atomic E-state index is 11.9. The molecule has 0 heterocycles. The van der Waals surface area contributed by atoms with Crippen molar-refractivity contribution in [2.45, 2.75) is 39.0 Å². The van der Waals surface area contributed by atoms with Crippen molar-refractivity contribution in [1.29, 1.82) is 0 Å². The Morgan fingerprint density at radius 1 is 1.32 bits per heavy atom. The number of para-hydroxylation sites is 1. The van der Waals surface area contributed by atoms with E-state index in [2.05, 4.69) is 25.2 Å². The predicted molar refractivity (Wildman–Crippen MR) is 86.6 cm³/mol. The van der Waals surface area contributed by atoms with Crippen molar-refractivity contribution in [1.82, 2.24) is 0 Å². The second-order valence-corrected chi connectivity index (χ2v) is 5.92. The number of carbonyl (C=O) groups is 2. The van der Waals surface area contributed by atoms with E-state index < -0.39 is 0 Å². The van der Waals surface area contributed by atoms with E-state index >= 15 is 0 Å². The quantitative estimate of drug-likeness (QED) is 0.644. The number of ether oxygens (including phenoxy) is 1. The summed E-state index contributed by atoms with van der Waals surface area (Å²) in [4.78, 5) is 23.6. The summed E-state index contributed by atoms with van der Waals surface area (Å²) in [7, 11) is 0. The number of esters is 1. The van der Waals surface area contributed by atoms with Crippen LogP contribution in [0.1, 0.15) is 44.6 Å². The highest BCUT2D eigenvalue weighted by molar-refractivity contribution is 5.93. The molecule has 2 rings (SSSR count). The van der Waals surface area contributed by atoms with Gasteiger partial charge in [-0.05, 0) is 36.3 Å². The number of hydrogen-bond acceptors (Lipinski definition) is 3. The first-order valence-electron chi connectivity index (χ1n) is 7.77. The van der Waals surface area contributed by atoms with Gasteiger partial charge < -0.3 is 10.1 Å². The Balaban J connectivity index is 1.80. The minimum absolute atomic E-state index is 0.234. The molecular weight excluding hydrogens is 278 g/mol. The number of hydrogen-bond donors (Lipinski definition) is 1. The van der Waals surface area contributed by atoms with E-state index in [9.17, 15) is 9.59 Å². The molecule has 22 heavy (non-hydrogen) atoms. The Labute approximate surface area is 131 Å². The fourth-order valence-corrected chi connectivity index (χ4v) is 2.58. The third-order valence-corrected chi connectivity index (χ3v) is 3.76. The molecule has 0 bridgehead atoms. The first-order chi connectivity index (χ1) is 10.6. The molecule has 4 nitrogen and oxygen atoms in total. The van der Waals surface area contributed by atoms with Crippen LogP contribution in [0.15, 0.2) is 36.4 Å². The molecule has 0 spiro atoms. The van der Waals surface area contributed by atoms with E-state index in [1.54, 1.807) is 0 Å². The van der Waals surface area contributed by atoms with Crippen molar-refractivity contribution in [3.8, 4) is 0 Å². The standard InChI is InChI=1S/C18H23NO3/c1-13(2)15-9-5-6-10-16(15)19-17(20)12-22-18(21)11-14-7-3-4-8-14/h3,5-7,9-10,13-14H,4,8,11-12H2,1-2H3,(H,19,20)/t14-/m0/s1. The van der Waals surface area contributed by atoms with Crippen LogP contribution in [-0.4, -0.2) is 18.5 Å². The molecule has 0 aromatic heterocycles. The van der Waals surface area contributed by atoms with Crippen LogP contribution < -0.4 is 5.32 Å². The Kier molecular flexibility index (Phi) is 5.75. The molecule has 0 saturated carbocycles. The number of allylic oxidation sites excluding steroid dienone is 2. The molecule has 0 fully saturated rings. The van der Waals surface area contributed by atoms with Crippen LogP contribution in [0.3, 0.4) is 0 Å². The molecule has 1 aliphatic rings. The van der Waals surface area contributed by atoms with Crippen molar-refractivity contribution in [2.24, 2.45) is 5.92 Å². The van der Waals surface area contributed by atoms with E-state index in [0.29, 0.717) is 12.3 Å². The first-order valence-corrected chi connectivity index (χ1v) is 7.77. The van der Waals surface area contributed by atoms with Gasteiger partial charge in [-0.25, -0.2) is 0 Å². The molecule has 1 N–H and O–H groups in total. The van der Waals surface area contributed by atoms with Gasteiger partial charge >= 0.3 is 5.97 Å². The predicted octanol–water partition coefficient (Wildman–Crippen LogP) is 3.65. The van der Waals surface area contributed by atoms with E-state index in [4.69, 9.17) is 4.74 Å². The second-order valence-electron chi connectivity index (χ2n) is 5.92. The monoisotopic (exact) mass is 301 g/mol. The van der Waals surface area contributed by atoms with Crippen LogP contribution in [0.5, 0.6) is 0 Å². The summed E-state index contributed by atoms with van der Waals surface area (Å²) in [6.45, 7) is 3.90. The highest BCUT2D eigenvalue weighted by Crippen LogP contribution is 2.23. The summed E-state index contributed by atoms with van der Waals surface area (Å²) in [5.41, 5.74) is 1.84. The summed E-state index contributed by atoms with van der Waals surface area (Å²) in [5.74, 6) is -0.0438. The number of anilines is 1. The molecule has 1 aliphatic carbocycles. The van der Waals surface area contributed by atoms with Gasteiger partial charge in [0.1, 0.15) is 0 Å². The number of rotatable bonds is 6. The van der Waals surface area contributed by atoms with E-state index in [-0.39, 0.29) is 24.4 Å². The SMILES string of the molecule is CC(C)c1ccccc1NC(=O)COC(=O)C[C@H]1C=CCC1. The van der Waals surface area contributed by atoms with Crippen LogP contribution in [0.4, 0.5) is 5.69 Å². The molecule has 118 valence electrons. The van der Waals surface area contributed by atoms with Gasteiger partial charge in [-0.3, -0.25) is 9.59 Å². The van der Waals surface area contributed by atoms with Gasteiger partial charge in [-0.2, -0.15) is 0 Å². The molecule has 1 amide bonds. The summed E-state index contributed by atoms with van der Waals surface area (Å²) < 4.78 is 5.05. The lowest BCUT2D eigenvalue weighted by molar-refractivity contribution is -0.147. The van der Waals surface area contributed by atoms with Gasteiger partial charge in [0.25, 0.3) is 5.91 Å². The average Bonchev–Trinajstić information content (AvgIpc) is 2.98. The molecule has 4 heteroatoms. The van der Waals surface area contributed by atoms with Crippen LogP contribution in [-0.2, 0) is 14.3 Å². The third-order valence-electron chi connectivity index (χ3n) is 3.76. The molecule has 1 aromatic rings. The van der Waals surface area contributed by atoms with Gasteiger partial charge in [-0.15, -0.1) is 0 Å². The van der Waals surface area contributed by atoms with Gasteiger partial charge in [-0.1, -0.05) is 44.2 Å². The van der Waals surface area contributed by atoms with Crippen molar-refractivity contribution < 1.29 is 14.3 Å². The maximum absolute atomic E-state index is 11.9. The maximum Gasteiger partial charge on any atom is 0.306 e. The molecular formula is C18H23NO3. The number of benzene rings is 1. The summed E-state index contributed by atoms with van der Waals surface area (Å²) in [6, 6.07) is 7.66. The van der Waals surface area contributed by atoms with Crippen molar-refractivity contribution in [3.05, 3.63) is 42.0 Å². The third kappa shape index (κ3) is 4.72. The molecule has 1 atom stereocenters. The van der Waals surface area contributed by atoms with Crippen LogP contribution in [0.2, 0.25) is 0 Å². The molecule has 0 saturated heterocycles. The second kappa shape index (κ2) is 7.78. The van der Waals surface area contributed by atoms with E-state index in [1.807, 2.05) is 30.3 Å². The summed E-state index contributed by atoms with van der Waals surface area (Å²) in [5, 5.41) is 2.81. The highest BCUT2D eigenvalue weighted by Gasteiger charge is 2.16. The lowest BCUT2D eigenvalue weighted by Gasteiger charge is -2.14. The van der Waals surface area contributed by atoms with Gasteiger partial charge in [0.05, 0.1) is 6.42 Å². The van der Waals surface area contributed by atoms with Gasteiger partial charge in [0, 0.05) is 5.69 Å². The normalized spacial score (nSPS) is 16.8. The van der Waals surface area contributed by atoms with Crippen LogP contribution in [0.25, 0.3) is 0 Å². The fourth-order valence-electron chi connectivity index (χ4n) is 2.58. The van der Waals surface area contributed by atoms with E-state index in [1.165, 1.54) is 0 Å². The zero-order valence-electron chi connectivity index (χ0n) is 13.2. The largest absolute Gasteiger partial charge is 0.456 e. The Morgan fingerprint density at radius 2 is 2.09 bits per heavy atom. The minimum Gasteiger partial charge on any atom is -0.456 e. The topological polar surface area (TPSA) is 55.4 Å².